The number of amides is 1. The Morgan fingerprint density at radius 2 is 2.14 bits per heavy atom. The number of likely N-dealkylation sites (tertiary alicyclic amines) is 1. The molecule has 1 amide bonds. The number of likely N-dealkylation sites (N-methyl/N-ethyl adjacent to an activating group) is 1. The first-order chi connectivity index (χ1) is 10.5. The first-order valence-electron chi connectivity index (χ1n) is 7.90. The van der Waals surface area contributed by atoms with E-state index in [2.05, 4.69) is 18.7 Å². The van der Waals surface area contributed by atoms with Gasteiger partial charge in [-0.3, -0.25) is 9.69 Å². The number of aliphatic hydroxyl groups is 1. The molecule has 0 aliphatic carbocycles. The normalized spacial score (nSPS) is 22.1. The molecule has 0 saturated carbocycles. The smallest absolute Gasteiger partial charge is 0.255 e. The van der Waals surface area contributed by atoms with Crippen molar-refractivity contribution in [3.63, 3.8) is 0 Å². The number of hydrogen-bond donors (Lipinski definition) is 1. The topological polar surface area (TPSA) is 43.8 Å². The monoisotopic (exact) mass is 302 g/mol. The van der Waals surface area contributed by atoms with Crippen molar-refractivity contribution in [2.75, 3.05) is 33.2 Å². The molecule has 1 aromatic rings. The van der Waals surface area contributed by atoms with Crippen LogP contribution in [0.15, 0.2) is 43.0 Å². The van der Waals surface area contributed by atoms with E-state index in [1.54, 1.807) is 11.0 Å². The maximum absolute atomic E-state index is 12.6. The molecular formula is C18H26N2O2. The Kier molecular flexibility index (Phi) is 5.75. The van der Waals surface area contributed by atoms with Crippen LogP contribution in [0.5, 0.6) is 0 Å². The molecule has 0 radical (unpaired) electrons. The highest BCUT2D eigenvalue weighted by Gasteiger charge is 2.42. The van der Waals surface area contributed by atoms with Crippen LogP contribution in [-0.4, -0.2) is 59.6 Å². The van der Waals surface area contributed by atoms with Crippen LogP contribution in [0.1, 0.15) is 18.4 Å². The second-order valence-corrected chi connectivity index (χ2v) is 6.15. The second-order valence-electron chi connectivity index (χ2n) is 6.15. The lowest BCUT2D eigenvalue weighted by Gasteiger charge is -2.40. The summed E-state index contributed by atoms with van der Waals surface area (Å²) in [5.41, 5.74) is -0.0413. The van der Waals surface area contributed by atoms with Crippen LogP contribution in [0.2, 0.25) is 0 Å². The van der Waals surface area contributed by atoms with Gasteiger partial charge in [-0.15, -0.1) is 6.58 Å². The van der Waals surface area contributed by atoms with Gasteiger partial charge in [0.15, 0.2) is 5.60 Å². The van der Waals surface area contributed by atoms with Gasteiger partial charge in [-0.1, -0.05) is 36.4 Å². The van der Waals surface area contributed by atoms with Crippen molar-refractivity contribution < 1.29 is 9.90 Å². The van der Waals surface area contributed by atoms with Gasteiger partial charge in [0.1, 0.15) is 0 Å². The SMILES string of the molecule is C=CCN(C)C[C@]1(O)CCCN(CCc2ccccc2)C1=O. The van der Waals surface area contributed by atoms with E-state index < -0.39 is 5.60 Å². The summed E-state index contributed by atoms with van der Waals surface area (Å²) >= 11 is 0. The number of piperidine rings is 1. The predicted octanol–water partition coefficient (Wildman–Crippen LogP) is 1.70. The maximum Gasteiger partial charge on any atom is 0.255 e. The molecule has 1 atom stereocenters. The zero-order valence-corrected chi connectivity index (χ0v) is 13.4. The Morgan fingerprint density at radius 1 is 1.41 bits per heavy atom. The third-order valence-electron chi connectivity index (χ3n) is 4.19. The molecule has 0 spiro atoms. The molecule has 1 aromatic carbocycles. The lowest BCUT2D eigenvalue weighted by atomic mass is 9.91. The molecule has 0 aromatic heterocycles. The summed E-state index contributed by atoms with van der Waals surface area (Å²) in [7, 11) is 1.90. The maximum atomic E-state index is 12.6. The highest BCUT2D eigenvalue weighted by atomic mass is 16.3. The predicted molar refractivity (Wildman–Crippen MR) is 88.6 cm³/mol. The zero-order chi connectivity index (χ0) is 16.0. The van der Waals surface area contributed by atoms with Gasteiger partial charge < -0.3 is 10.0 Å². The molecule has 2 rings (SSSR count). The Morgan fingerprint density at radius 3 is 2.82 bits per heavy atom. The zero-order valence-electron chi connectivity index (χ0n) is 13.4. The van der Waals surface area contributed by atoms with Gasteiger partial charge >= 0.3 is 0 Å². The quantitative estimate of drug-likeness (QED) is 0.780. The van der Waals surface area contributed by atoms with Crippen LogP contribution in [0, 0.1) is 0 Å². The highest BCUT2D eigenvalue weighted by Crippen LogP contribution is 2.24. The summed E-state index contributed by atoms with van der Waals surface area (Å²) in [5.74, 6) is -0.134. The third-order valence-corrected chi connectivity index (χ3v) is 4.19. The van der Waals surface area contributed by atoms with Crippen LogP contribution >= 0.6 is 0 Å². The fourth-order valence-electron chi connectivity index (χ4n) is 3.07. The van der Waals surface area contributed by atoms with Crippen LogP contribution in [0.25, 0.3) is 0 Å². The van der Waals surface area contributed by atoms with Crippen molar-refractivity contribution >= 4 is 5.91 Å². The minimum Gasteiger partial charge on any atom is -0.379 e. The standard InChI is InChI=1S/C18H26N2O2/c1-3-12-19(2)15-18(22)11-7-13-20(17(18)21)14-10-16-8-5-4-6-9-16/h3-6,8-9,22H,1,7,10-15H2,2H3/t18-/m1/s1. The Bertz CT molecular complexity index is 503. The highest BCUT2D eigenvalue weighted by molar-refractivity contribution is 5.86. The van der Waals surface area contributed by atoms with Crippen LogP contribution < -0.4 is 0 Å². The van der Waals surface area contributed by atoms with Crippen LogP contribution in [-0.2, 0) is 11.2 Å². The molecule has 0 unspecified atom stereocenters. The van der Waals surface area contributed by atoms with Crippen LogP contribution in [0.4, 0.5) is 0 Å². The summed E-state index contributed by atoms with van der Waals surface area (Å²) in [4.78, 5) is 16.4. The number of rotatable bonds is 7. The first-order valence-corrected chi connectivity index (χ1v) is 7.90. The average molecular weight is 302 g/mol. The van der Waals surface area contributed by atoms with Crippen molar-refractivity contribution in [1.82, 2.24) is 9.80 Å². The Labute approximate surface area is 133 Å². The van der Waals surface area contributed by atoms with E-state index in [4.69, 9.17) is 0 Å². The van der Waals surface area contributed by atoms with Gasteiger partial charge in [0.05, 0.1) is 0 Å². The largest absolute Gasteiger partial charge is 0.379 e. The molecule has 1 fully saturated rings. The van der Waals surface area contributed by atoms with Gasteiger partial charge in [-0.2, -0.15) is 0 Å². The fraction of sp³-hybridized carbons (Fsp3) is 0.500. The number of hydrogen-bond acceptors (Lipinski definition) is 3. The molecule has 1 heterocycles. The molecule has 4 nitrogen and oxygen atoms in total. The van der Waals surface area contributed by atoms with Gasteiger partial charge in [0.25, 0.3) is 5.91 Å². The van der Waals surface area contributed by atoms with E-state index in [1.165, 1.54) is 5.56 Å². The molecule has 4 heteroatoms. The summed E-state index contributed by atoms with van der Waals surface area (Å²) < 4.78 is 0. The molecule has 1 N–H and O–H groups in total. The van der Waals surface area contributed by atoms with E-state index >= 15 is 0 Å². The third kappa shape index (κ3) is 4.18. The average Bonchev–Trinajstić information content (AvgIpc) is 2.50. The van der Waals surface area contributed by atoms with E-state index in [-0.39, 0.29) is 5.91 Å². The van der Waals surface area contributed by atoms with E-state index in [0.29, 0.717) is 26.1 Å². The minimum absolute atomic E-state index is 0.134. The molecule has 1 aliphatic rings. The molecule has 120 valence electrons. The summed E-state index contributed by atoms with van der Waals surface area (Å²) in [6.07, 6.45) is 3.99. The van der Waals surface area contributed by atoms with Crippen LogP contribution in [0.3, 0.4) is 0 Å². The number of carbonyl (C=O) groups is 1. The Balaban J connectivity index is 1.95. The second kappa shape index (κ2) is 7.56. The van der Waals surface area contributed by atoms with Crippen molar-refractivity contribution in [2.45, 2.75) is 24.9 Å². The molecule has 1 saturated heterocycles. The van der Waals surface area contributed by atoms with Gasteiger partial charge in [-0.05, 0) is 31.9 Å². The van der Waals surface area contributed by atoms with Gasteiger partial charge in [0, 0.05) is 26.2 Å². The minimum atomic E-state index is -1.26. The summed E-state index contributed by atoms with van der Waals surface area (Å²) in [6, 6.07) is 10.1. The number of carbonyl (C=O) groups excluding carboxylic acids is 1. The lowest BCUT2D eigenvalue weighted by Crippen LogP contribution is -2.58. The van der Waals surface area contributed by atoms with Gasteiger partial charge in [0.2, 0.25) is 0 Å². The van der Waals surface area contributed by atoms with Gasteiger partial charge in [-0.25, -0.2) is 0 Å². The van der Waals surface area contributed by atoms with Crippen molar-refractivity contribution in [2.24, 2.45) is 0 Å². The van der Waals surface area contributed by atoms with E-state index in [9.17, 15) is 9.90 Å². The van der Waals surface area contributed by atoms with Crippen molar-refractivity contribution in [3.8, 4) is 0 Å². The molecule has 1 aliphatic heterocycles. The Hall–Kier alpha value is -1.65. The summed E-state index contributed by atoms with van der Waals surface area (Å²) in [5, 5.41) is 10.7. The first kappa shape index (κ1) is 16.7. The molecule has 0 bridgehead atoms. The van der Waals surface area contributed by atoms with E-state index in [0.717, 1.165) is 19.4 Å². The number of nitrogens with zero attached hydrogens (tertiary/aromatic N) is 2. The summed E-state index contributed by atoms with van der Waals surface area (Å²) in [6.45, 7) is 6.12. The van der Waals surface area contributed by atoms with Crippen molar-refractivity contribution in [1.29, 1.82) is 0 Å². The number of benzene rings is 1. The van der Waals surface area contributed by atoms with Crippen molar-refractivity contribution in [3.05, 3.63) is 48.6 Å². The van der Waals surface area contributed by atoms with E-state index in [1.807, 2.05) is 30.1 Å². The molecule has 22 heavy (non-hydrogen) atoms. The fourth-order valence-corrected chi connectivity index (χ4v) is 3.07. The molecular weight excluding hydrogens is 276 g/mol. The lowest BCUT2D eigenvalue weighted by molar-refractivity contribution is -0.158.